The molecule has 0 radical (unpaired) electrons. The highest BCUT2D eigenvalue weighted by Crippen LogP contribution is 2.42. The van der Waals surface area contributed by atoms with Crippen LogP contribution in [0.3, 0.4) is 0 Å². The highest BCUT2D eigenvalue weighted by molar-refractivity contribution is 6.17. The van der Waals surface area contributed by atoms with Gasteiger partial charge in [0.25, 0.3) is 5.91 Å². The topological polar surface area (TPSA) is 121 Å². The number of methoxy groups -OCH3 is 1. The summed E-state index contributed by atoms with van der Waals surface area (Å²) in [6.07, 6.45) is 0. The lowest BCUT2D eigenvalue weighted by Gasteiger charge is -2.34. The van der Waals surface area contributed by atoms with E-state index in [0.29, 0.717) is 36.8 Å². The lowest BCUT2D eigenvalue weighted by atomic mass is 9.94. The van der Waals surface area contributed by atoms with Gasteiger partial charge in [0.1, 0.15) is 23.0 Å². The number of rotatable bonds is 6. The third-order valence-corrected chi connectivity index (χ3v) is 8.67. The third kappa shape index (κ3) is 4.58. The van der Waals surface area contributed by atoms with Gasteiger partial charge in [0, 0.05) is 60.3 Å². The second-order valence-corrected chi connectivity index (χ2v) is 11.3. The van der Waals surface area contributed by atoms with Crippen molar-refractivity contribution in [1.29, 1.82) is 0 Å². The average Bonchev–Trinajstić information content (AvgIpc) is 3.56. The number of amides is 1. The number of hydrogen-bond acceptors (Lipinski definition) is 8. The van der Waals surface area contributed by atoms with Crippen LogP contribution >= 0.6 is 0 Å². The molecule has 0 saturated carbocycles. The Morgan fingerprint density at radius 3 is 2.45 bits per heavy atom. The van der Waals surface area contributed by atoms with Gasteiger partial charge in [-0.3, -0.25) is 9.69 Å². The van der Waals surface area contributed by atoms with E-state index in [-0.39, 0.29) is 12.5 Å². The van der Waals surface area contributed by atoms with Gasteiger partial charge in [-0.2, -0.15) is 0 Å². The summed E-state index contributed by atoms with van der Waals surface area (Å²) in [4.78, 5) is 31.1. The van der Waals surface area contributed by atoms with E-state index in [9.17, 15) is 9.90 Å². The molecule has 0 atom stereocenters. The van der Waals surface area contributed by atoms with Crippen molar-refractivity contribution < 1.29 is 19.2 Å². The van der Waals surface area contributed by atoms with Gasteiger partial charge < -0.3 is 24.3 Å². The number of nitrogens with one attached hydrogen (secondary N) is 1. The molecule has 1 amide bonds. The average molecular weight is 591 g/mol. The van der Waals surface area contributed by atoms with Crippen molar-refractivity contribution in [2.24, 2.45) is 0 Å². The molecule has 0 bridgehead atoms. The zero-order valence-corrected chi connectivity index (χ0v) is 25.3. The molecule has 3 aromatic heterocycles. The lowest BCUT2D eigenvalue weighted by Crippen LogP contribution is -2.49. The minimum absolute atomic E-state index is 0.0177. The number of carbonyl (C=O) groups excluding carboxylic acids is 1. The van der Waals surface area contributed by atoms with Crippen LogP contribution in [-0.4, -0.2) is 87.4 Å². The molecule has 6 aromatic rings. The summed E-state index contributed by atoms with van der Waals surface area (Å²) in [6.45, 7) is 9.24. The number of carbonyl (C=O) groups is 1. The molecule has 7 rings (SSSR count). The lowest BCUT2D eigenvalue weighted by molar-refractivity contribution is 0.0617. The Balaban J connectivity index is 1.38. The van der Waals surface area contributed by atoms with Gasteiger partial charge in [0.05, 0.1) is 36.1 Å². The molecule has 10 heteroatoms. The van der Waals surface area contributed by atoms with E-state index in [1.807, 2.05) is 62.1 Å². The molecule has 1 aliphatic rings. The van der Waals surface area contributed by atoms with Gasteiger partial charge in [0.15, 0.2) is 0 Å². The Kier molecular flexibility index (Phi) is 7.02. The molecule has 0 aliphatic carbocycles. The van der Waals surface area contributed by atoms with Crippen LogP contribution in [0.5, 0.6) is 5.75 Å². The van der Waals surface area contributed by atoms with E-state index in [0.717, 1.165) is 79.6 Å². The minimum Gasteiger partial charge on any atom is -0.496 e. The van der Waals surface area contributed by atoms with Gasteiger partial charge in [-0.05, 0) is 49.7 Å². The van der Waals surface area contributed by atoms with E-state index in [4.69, 9.17) is 19.2 Å². The van der Waals surface area contributed by atoms with Crippen LogP contribution in [0.15, 0.2) is 53.1 Å². The predicted molar refractivity (Wildman–Crippen MR) is 170 cm³/mol. The number of nitrogens with zero attached hydrogens (tertiary/aromatic N) is 5. The Bertz CT molecular complexity index is 2040. The zero-order chi connectivity index (χ0) is 30.5. The summed E-state index contributed by atoms with van der Waals surface area (Å²) < 4.78 is 11.3. The Morgan fingerprint density at radius 1 is 0.977 bits per heavy atom. The van der Waals surface area contributed by atoms with Crippen molar-refractivity contribution in [3.63, 3.8) is 0 Å². The van der Waals surface area contributed by atoms with Crippen LogP contribution in [0.2, 0.25) is 0 Å². The number of hydrogen-bond donors (Lipinski definition) is 2. The fourth-order valence-electron chi connectivity index (χ4n) is 6.54. The number of aromatic nitrogens is 4. The van der Waals surface area contributed by atoms with Gasteiger partial charge in [-0.1, -0.05) is 35.5 Å². The van der Waals surface area contributed by atoms with E-state index in [1.54, 1.807) is 7.11 Å². The molecule has 0 spiro atoms. The molecule has 1 saturated heterocycles. The number of piperazine rings is 1. The Hall–Kier alpha value is -4.80. The molecule has 1 aliphatic heterocycles. The highest BCUT2D eigenvalue weighted by atomic mass is 16.5. The molecule has 0 unspecified atom stereocenters. The fraction of sp³-hybridized carbons (Fsp3) is 0.294. The minimum atomic E-state index is 0.0177. The Labute approximate surface area is 254 Å². The number of aliphatic hydroxyl groups excluding tert-OH is 1. The van der Waals surface area contributed by atoms with Crippen molar-refractivity contribution in [3.05, 3.63) is 71.4 Å². The van der Waals surface area contributed by atoms with Crippen LogP contribution in [0, 0.1) is 20.8 Å². The van der Waals surface area contributed by atoms with E-state index >= 15 is 0 Å². The molecule has 4 heterocycles. The fourth-order valence-corrected chi connectivity index (χ4v) is 6.54. The zero-order valence-electron chi connectivity index (χ0n) is 25.3. The first-order valence-electron chi connectivity index (χ1n) is 14.8. The number of fused-ring (bicyclic) bond motifs is 4. The normalized spacial score (nSPS) is 14.2. The first kappa shape index (κ1) is 28.0. The third-order valence-electron chi connectivity index (χ3n) is 8.67. The molecular formula is C34H34N6O4. The van der Waals surface area contributed by atoms with Gasteiger partial charge in [-0.25, -0.2) is 9.97 Å². The van der Waals surface area contributed by atoms with Crippen molar-refractivity contribution in [1.82, 2.24) is 29.9 Å². The molecule has 224 valence electrons. The van der Waals surface area contributed by atoms with Crippen molar-refractivity contribution in [3.8, 4) is 28.1 Å². The smallest absolute Gasteiger partial charge is 0.254 e. The molecule has 44 heavy (non-hydrogen) atoms. The SMILES string of the molecule is COc1cc2c(cc1-c1c(C)noc1C)[nH]c1nc(C)nc(-c3ccc(C(=O)N4CCN(CCO)CC4)c4ccccc34)c12. The summed E-state index contributed by atoms with van der Waals surface area (Å²) in [5.41, 5.74) is 6.60. The summed E-state index contributed by atoms with van der Waals surface area (Å²) in [6, 6.07) is 16.0. The largest absolute Gasteiger partial charge is 0.496 e. The quantitative estimate of drug-likeness (QED) is 0.269. The molecule has 10 nitrogen and oxygen atoms in total. The van der Waals surface area contributed by atoms with Crippen LogP contribution in [-0.2, 0) is 0 Å². The van der Waals surface area contributed by atoms with Gasteiger partial charge >= 0.3 is 0 Å². The second-order valence-electron chi connectivity index (χ2n) is 11.3. The maximum atomic E-state index is 13.8. The van der Waals surface area contributed by atoms with Crippen LogP contribution < -0.4 is 4.74 Å². The van der Waals surface area contributed by atoms with E-state index < -0.39 is 0 Å². The maximum Gasteiger partial charge on any atom is 0.254 e. The highest BCUT2D eigenvalue weighted by Gasteiger charge is 2.25. The summed E-state index contributed by atoms with van der Waals surface area (Å²) in [5.74, 6) is 2.08. The molecule has 3 aromatic carbocycles. The standard InChI is InChI=1S/C34H34N6O4/c1-19-30(20(2)44-38-19)27-17-28-26(18-29(27)43-4)31-32(35-21(3)36-33(31)37-28)24-9-10-25(23-8-6-5-7-22(23)24)34(42)40-13-11-39(12-14-40)15-16-41/h5-10,17-18,41H,11-16H2,1-4H3,(H,35,36,37). The number of aromatic amines is 1. The van der Waals surface area contributed by atoms with Gasteiger partial charge in [-0.15, -0.1) is 0 Å². The van der Waals surface area contributed by atoms with Crippen molar-refractivity contribution in [2.75, 3.05) is 46.4 Å². The molecule has 1 fully saturated rings. The second kappa shape index (κ2) is 11.0. The van der Waals surface area contributed by atoms with Crippen LogP contribution in [0.4, 0.5) is 0 Å². The first-order valence-corrected chi connectivity index (χ1v) is 14.8. The summed E-state index contributed by atoms with van der Waals surface area (Å²) in [7, 11) is 1.66. The van der Waals surface area contributed by atoms with Crippen molar-refractivity contribution >= 4 is 38.6 Å². The summed E-state index contributed by atoms with van der Waals surface area (Å²) in [5, 5.41) is 17.1. The number of β-amino-alcohol motifs (C(OH)–C–C–N with tert-alkyl or cyclic N) is 1. The first-order chi connectivity index (χ1) is 21.4. The van der Waals surface area contributed by atoms with Crippen molar-refractivity contribution in [2.45, 2.75) is 20.8 Å². The number of ether oxygens (including phenoxy) is 1. The van der Waals surface area contributed by atoms with E-state index in [2.05, 4.69) is 27.2 Å². The molecule has 2 N–H and O–H groups in total. The number of H-pyrrole nitrogens is 1. The van der Waals surface area contributed by atoms with Crippen LogP contribution in [0.25, 0.3) is 55.1 Å². The summed E-state index contributed by atoms with van der Waals surface area (Å²) >= 11 is 0. The number of aliphatic hydroxyl groups is 1. The predicted octanol–water partition coefficient (Wildman–Crippen LogP) is 5.27. The van der Waals surface area contributed by atoms with Gasteiger partial charge in [0.2, 0.25) is 0 Å². The molecular weight excluding hydrogens is 556 g/mol. The number of benzene rings is 3. The van der Waals surface area contributed by atoms with Crippen LogP contribution in [0.1, 0.15) is 27.6 Å². The maximum absolute atomic E-state index is 13.8. The Morgan fingerprint density at radius 2 is 1.75 bits per heavy atom. The van der Waals surface area contributed by atoms with E-state index in [1.165, 1.54) is 0 Å². The number of aryl methyl sites for hydroxylation is 3. The monoisotopic (exact) mass is 590 g/mol.